The summed E-state index contributed by atoms with van der Waals surface area (Å²) in [5, 5.41) is 63.7. The third kappa shape index (κ3) is 45.1. The number of benzene rings is 3. The number of phenols is 1. The van der Waals surface area contributed by atoms with Gasteiger partial charge in [0.25, 0.3) is 0 Å². The van der Waals surface area contributed by atoms with Crippen LogP contribution in [0.25, 0.3) is 10.9 Å². The van der Waals surface area contributed by atoms with E-state index in [0.29, 0.717) is 66.1 Å². The lowest BCUT2D eigenvalue weighted by Crippen LogP contribution is -2.65. The van der Waals surface area contributed by atoms with Crippen LogP contribution in [0, 0.1) is 11.8 Å². The Hall–Kier alpha value is -11.8. The highest BCUT2D eigenvalue weighted by molar-refractivity contribution is 6.43. The second-order valence-corrected chi connectivity index (χ2v) is 40.8. The minimum Gasteiger partial charge on any atom is -0.508 e. The van der Waals surface area contributed by atoms with E-state index in [-0.39, 0.29) is 145 Å². The van der Waals surface area contributed by atoms with Crippen molar-refractivity contribution in [3.05, 3.63) is 114 Å². The van der Waals surface area contributed by atoms with Gasteiger partial charge in [0.2, 0.25) is 58.6 Å². The lowest BCUT2D eigenvalue weighted by atomic mass is 9.85. The van der Waals surface area contributed by atoms with Gasteiger partial charge >= 0.3 is 5.97 Å². The number of aromatic hydroxyl groups is 1. The molecule has 3 aromatic carbocycles. The van der Waals surface area contributed by atoms with E-state index < -0.39 is 239 Å². The van der Waals surface area contributed by atoms with Crippen molar-refractivity contribution in [1.29, 1.82) is 0 Å². The molecule has 1 aliphatic heterocycles. The SMILES string of the molecule is CC(=O)N[C@@H](CC(C)C)C(=O)N[C@H](C(=O)C(=O)[C@H](Cc1ccccc1)NN[C@]1(C)CCCCCC/C=C/CCC[C@@](C)(C(=O)CN[C@@H](C)C(=O)CNC(C)(C)C(=O)CN[C@@H](C)C(=O)CCN[C@@H](C)C(=O)CCC(=O)[C@H](C)NCN[C@H](C)C(N)=O)NC(=O)[C@H](CC(C)C)NN[C@@H](CCC(N)=O)C(=O)CN[C@@H](C)C(=O)CC(=O)[C@H](Cc2c[nH]c3ccccc23)NN[C@@H](Cc2ccc(O)cc2)C(=O)N[C@@H](CCC(=O)O)C(=O)C1=O)[C@@H](C)O. The molecule has 5 rings (SSSR count). The topological polar surface area (TPSA) is 674 Å². The molecule has 0 saturated heterocycles. The smallest absolute Gasteiger partial charge is 0.303 e. The third-order valence-electron chi connectivity index (χ3n) is 26.6. The van der Waals surface area contributed by atoms with Gasteiger partial charge in [0.05, 0.1) is 116 Å². The fraction of sp³-hybridized carbons (Fsp3) is 0.604. The van der Waals surface area contributed by atoms with Gasteiger partial charge in [-0.2, -0.15) is 0 Å². The number of ketones is 13. The van der Waals surface area contributed by atoms with E-state index in [1.165, 1.54) is 58.9 Å². The second-order valence-electron chi connectivity index (χ2n) is 40.8. The molecule has 0 aliphatic carbocycles. The first-order chi connectivity index (χ1) is 70.1. The molecule has 0 fully saturated rings. The van der Waals surface area contributed by atoms with Gasteiger partial charge < -0.3 is 74.3 Å². The molecule has 43 heteroatoms. The largest absolute Gasteiger partial charge is 0.508 e. The van der Waals surface area contributed by atoms with Gasteiger partial charge in [-0.1, -0.05) is 120 Å². The first kappa shape index (κ1) is 128. The van der Waals surface area contributed by atoms with Crippen molar-refractivity contribution in [3.8, 4) is 5.75 Å². The minimum absolute atomic E-state index is 0.000979. The molecule has 2 heterocycles. The third-order valence-corrected chi connectivity index (χ3v) is 26.6. The number of hydrogen-bond donors (Lipinski definition) is 23. The number of nitrogens with two attached hydrogens (primary N) is 2. The number of H-pyrrole nitrogens is 1. The van der Waals surface area contributed by atoms with Crippen LogP contribution in [0.4, 0.5) is 0 Å². The predicted molar refractivity (Wildman–Crippen MR) is 559 cm³/mol. The predicted octanol–water partition coefficient (Wildman–Crippen LogP) is 1.46. The summed E-state index contributed by atoms with van der Waals surface area (Å²) in [5.74, 6) is -15.6. The fourth-order valence-corrected chi connectivity index (χ4v) is 16.4. The number of hydrogen-bond acceptors (Lipinski definition) is 35. The van der Waals surface area contributed by atoms with Crippen molar-refractivity contribution in [2.45, 2.75) is 359 Å². The molecule has 6 amide bonds. The number of aliphatic carboxylic acids is 1. The number of amides is 6. The number of phenolic OH excluding ortho intramolecular Hbond substituents is 1. The van der Waals surface area contributed by atoms with E-state index in [4.69, 9.17) is 11.5 Å². The zero-order chi connectivity index (χ0) is 111. The standard InChI is InChI=1S/C106H162N20O23/c1-61(2)49-81(117-70(12)128)101(147)119-95(69(11)127)98(144)96(142)80(51-71-31-25-24-26-32-71)125-126-106(16)47-30-23-21-19-17-18-20-22-29-46-105(15,92(138)59-112-67(9)89(135)57-116-104(13,14)91(137)58-111-64(6)86(132)45-48-109-63(5)84(130)41-42-85(131)65(7)114-60-115-68(10)100(108)146)120-103(149)82(50-62(3)4)123-121-77(39-43-93(107)139)90(136)56-110-66(8)87(133)54-88(134)79(53-73-55-113-76-34-28-27-33-75(73)76)122-124-83(52-72-35-37-74(129)38-36-72)102(148)118-78(40-44-94(140)141)97(143)99(106)145/h18,20,24-28,31-38,55,61-69,77-83,95,109-116,121-127,129H,17,19,21-23,29-30,39-54,56-60H2,1-16H3,(H2,107,139)(H2,108,146)(H,117,128)(H,118,148)(H,119,147)(H,120,149)(H,140,141)/b20-18+/t63-,64-,65-,66-,67-,68+,69+,77-,78-,79-,80-,81-,82-,83-,95-,105-,106+/m0/s1. The number of para-hydroxylation sites is 1. The molecular formula is C106H162N20O23. The molecule has 17 atom stereocenters. The van der Waals surface area contributed by atoms with Gasteiger partial charge in [-0.05, 0) is 206 Å². The normalized spacial score (nSPS) is 21.7. The van der Waals surface area contributed by atoms with Gasteiger partial charge in [0.1, 0.15) is 41.5 Å². The van der Waals surface area contributed by atoms with Crippen LogP contribution in [-0.4, -0.2) is 284 Å². The van der Waals surface area contributed by atoms with Crippen LogP contribution in [0.3, 0.4) is 0 Å². The number of carbonyl (C=O) groups excluding carboxylic acids is 19. The number of Topliss-reactive ketones (excluding diaryl/α,β-unsaturated/α-hetero) is 13. The molecule has 1 aromatic heterocycles. The number of carbonyl (C=O) groups is 20. The highest BCUT2D eigenvalue weighted by Gasteiger charge is 2.45. The maximum atomic E-state index is 15.7. The van der Waals surface area contributed by atoms with Gasteiger partial charge in [-0.3, -0.25) is 112 Å². The van der Waals surface area contributed by atoms with Gasteiger partial charge in [-0.25, -0.2) is 32.6 Å². The minimum atomic E-state index is -2.10. The Morgan fingerprint density at radius 2 is 1.13 bits per heavy atom. The highest BCUT2D eigenvalue weighted by atomic mass is 16.4. The van der Waals surface area contributed by atoms with Crippen LogP contribution in [0.1, 0.15) is 249 Å². The molecule has 0 unspecified atom stereocenters. The van der Waals surface area contributed by atoms with Gasteiger partial charge in [0, 0.05) is 69.3 Å². The Balaban J connectivity index is 1.48. The van der Waals surface area contributed by atoms with E-state index in [0.717, 1.165) is 0 Å². The quantitative estimate of drug-likeness (QED) is 0.00978. The number of primary amides is 2. The lowest BCUT2D eigenvalue weighted by Gasteiger charge is -2.33. The van der Waals surface area contributed by atoms with Crippen molar-refractivity contribution >= 4 is 127 Å². The summed E-state index contributed by atoms with van der Waals surface area (Å²) in [6.07, 6.45) is 3.03. The summed E-state index contributed by atoms with van der Waals surface area (Å²) in [5.41, 5.74) is 25.5. The second kappa shape index (κ2) is 64.0. The molecule has 824 valence electrons. The van der Waals surface area contributed by atoms with Gasteiger partial charge in [-0.15, -0.1) is 0 Å². The number of rotatable bonds is 53. The van der Waals surface area contributed by atoms with Crippen molar-refractivity contribution in [2.24, 2.45) is 23.3 Å². The summed E-state index contributed by atoms with van der Waals surface area (Å²) >= 11 is 0. The number of fused-ring (bicyclic) bond motifs is 1. The Kier molecular flexibility index (Phi) is 54.8. The number of allylic oxidation sites excluding steroid dienone is 2. The first-order valence-electron chi connectivity index (χ1n) is 51.5. The van der Waals surface area contributed by atoms with E-state index in [1.54, 1.807) is 123 Å². The number of aliphatic hydroxyl groups excluding tert-OH is 1. The zero-order valence-electron chi connectivity index (χ0n) is 89.0. The molecule has 4 aromatic rings. The summed E-state index contributed by atoms with van der Waals surface area (Å²) < 4.78 is 0. The van der Waals surface area contributed by atoms with Crippen molar-refractivity contribution in [2.75, 3.05) is 39.4 Å². The number of carboxylic acid groups (broad SMARTS) is 1. The first-order valence-corrected chi connectivity index (χ1v) is 51.5. The van der Waals surface area contributed by atoms with E-state index in [2.05, 4.69) is 96.0 Å². The monoisotopic (exact) mass is 2080 g/mol. The summed E-state index contributed by atoms with van der Waals surface area (Å²) in [4.78, 5) is 282. The molecular weight excluding hydrogens is 1920 g/mol. The lowest BCUT2D eigenvalue weighted by molar-refractivity contribution is -0.144. The van der Waals surface area contributed by atoms with Crippen LogP contribution >= 0.6 is 0 Å². The number of hydrazine groups is 3. The molecule has 0 radical (unpaired) electrons. The van der Waals surface area contributed by atoms with Crippen molar-refractivity contribution in [1.82, 2.24) is 96.0 Å². The van der Waals surface area contributed by atoms with Crippen LogP contribution < -0.4 is 103 Å². The maximum Gasteiger partial charge on any atom is 0.303 e. The molecule has 0 bridgehead atoms. The maximum absolute atomic E-state index is 15.7. The summed E-state index contributed by atoms with van der Waals surface area (Å²) in [7, 11) is 0. The number of carboxylic acids is 1. The zero-order valence-corrected chi connectivity index (χ0v) is 89.0. The Bertz CT molecular complexity index is 5220. The fourth-order valence-electron chi connectivity index (χ4n) is 16.4. The van der Waals surface area contributed by atoms with Crippen LogP contribution in [0.15, 0.2) is 97.2 Å². The number of nitrogens with one attached hydrogen (secondary N) is 18. The number of aliphatic hydroxyl groups is 1. The van der Waals surface area contributed by atoms with E-state index in [9.17, 15) is 87.2 Å². The van der Waals surface area contributed by atoms with E-state index in [1.807, 2.05) is 26.0 Å². The molecule has 1 aliphatic rings. The van der Waals surface area contributed by atoms with Crippen molar-refractivity contribution < 1.29 is 111 Å². The van der Waals surface area contributed by atoms with Crippen LogP contribution in [-0.2, 0) is 115 Å². The highest BCUT2D eigenvalue weighted by Crippen LogP contribution is 2.26. The van der Waals surface area contributed by atoms with Crippen LogP contribution in [0.2, 0.25) is 0 Å². The molecule has 149 heavy (non-hydrogen) atoms. The number of aromatic amines is 1. The molecule has 0 spiro atoms. The Labute approximate surface area is 872 Å². The van der Waals surface area contributed by atoms with Crippen molar-refractivity contribution in [3.63, 3.8) is 0 Å². The van der Waals surface area contributed by atoms with E-state index >= 15 is 24.0 Å². The molecule has 0 saturated carbocycles. The van der Waals surface area contributed by atoms with Gasteiger partial charge in [0.15, 0.2) is 40.5 Å². The average molecular weight is 2080 g/mol. The summed E-state index contributed by atoms with van der Waals surface area (Å²) in [6, 6.07) is 4.18. The number of aromatic nitrogens is 1. The Morgan fingerprint density at radius 3 is 1.77 bits per heavy atom. The Morgan fingerprint density at radius 1 is 0.550 bits per heavy atom. The van der Waals surface area contributed by atoms with Crippen LogP contribution in [0.5, 0.6) is 5.75 Å². The summed E-state index contributed by atoms with van der Waals surface area (Å²) in [6.45, 7) is 23.6. The molecule has 43 nitrogen and oxygen atoms in total. The molecule has 25 N–H and O–H groups in total. The average Bonchev–Trinajstić information content (AvgIpc) is 1.68.